The van der Waals surface area contributed by atoms with Crippen LogP contribution in [0.25, 0.3) is 0 Å². The molecule has 0 radical (unpaired) electrons. The van der Waals surface area contributed by atoms with Gasteiger partial charge in [0.15, 0.2) is 11.5 Å². The Kier molecular flexibility index (Phi) is 4.80. The van der Waals surface area contributed by atoms with E-state index >= 15 is 0 Å². The van der Waals surface area contributed by atoms with E-state index in [9.17, 15) is 4.39 Å². The summed E-state index contributed by atoms with van der Waals surface area (Å²) in [6, 6.07) is 8.69. The largest absolute Gasteiger partial charge is 0.493 e. The maximum Gasteiger partial charge on any atom is 0.161 e. The minimum atomic E-state index is -0.544. The molecule has 3 nitrogen and oxygen atoms in total. The average Bonchev–Trinajstić information content (AvgIpc) is 2.66. The van der Waals surface area contributed by atoms with E-state index in [1.165, 1.54) is 12.5 Å². The van der Waals surface area contributed by atoms with Crippen LogP contribution < -0.4 is 9.47 Å². The van der Waals surface area contributed by atoms with Crippen molar-refractivity contribution in [2.45, 2.75) is 43.8 Å². The Morgan fingerprint density at radius 2 is 1.73 bits per heavy atom. The number of rotatable bonds is 3. The van der Waals surface area contributed by atoms with Crippen LogP contribution in [-0.2, 0) is 4.74 Å². The number of halogens is 2. The third-order valence-electron chi connectivity index (χ3n) is 5.55. The van der Waals surface area contributed by atoms with Crippen LogP contribution in [-0.4, -0.2) is 20.3 Å². The molecule has 5 heteroatoms. The Bertz CT molecular complexity index is 803. The number of methoxy groups -OCH3 is 2. The Balaban J connectivity index is 1.92. The molecule has 2 aromatic rings. The summed E-state index contributed by atoms with van der Waals surface area (Å²) >= 11 is 6.36. The van der Waals surface area contributed by atoms with Crippen LogP contribution in [0.5, 0.6) is 11.5 Å². The molecule has 3 atom stereocenters. The molecule has 2 aliphatic rings. The molecule has 1 heterocycles. The van der Waals surface area contributed by atoms with Crippen molar-refractivity contribution in [2.75, 3.05) is 14.2 Å². The fourth-order valence-electron chi connectivity index (χ4n) is 4.31. The molecular formula is C21H22ClFO3. The predicted octanol–water partition coefficient (Wildman–Crippen LogP) is 5.64. The highest BCUT2D eigenvalue weighted by atomic mass is 35.5. The van der Waals surface area contributed by atoms with Gasteiger partial charge in [-0.3, -0.25) is 0 Å². The van der Waals surface area contributed by atoms with Crippen LogP contribution in [0.2, 0.25) is 5.02 Å². The Morgan fingerprint density at radius 3 is 2.42 bits per heavy atom. The quantitative estimate of drug-likeness (QED) is 0.693. The molecule has 2 aromatic carbocycles. The maximum atomic E-state index is 14.7. The first-order chi connectivity index (χ1) is 12.6. The van der Waals surface area contributed by atoms with Crippen LogP contribution in [0.15, 0.2) is 30.3 Å². The topological polar surface area (TPSA) is 27.7 Å². The van der Waals surface area contributed by atoms with Gasteiger partial charge in [0, 0.05) is 16.5 Å². The number of ether oxygens (including phenoxy) is 3. The molecule has 138 valence electrons. The van der Waals surface area contributed by atoms with Crippen molar-refractivity contribution < 1.29 is 18.6 Å². The van der Waals surface area contributed by atoms with Crippen LogP contribution in [0.4, 0.5) is 4.39 Å². The van der Waals surface area contributed by atoms with Gasteiger partial charge in [-0.05, 0) is 48.2 Å². The molecule has 0 saturated heterocycles. The number of benzene rings is 2. The summed E-state index contributed by atoms with van der Waals surface area (Å²) in [7, 11) is 3.23. The second-order valence-electron chi connectivity index (χ2n) is 6.92. The van der Waals surface area contributed by atoms with Crippen molar-refractivity contribution in [1.82, 2.24) is 0 Å². The molecule has 0 unspecified atom stereocenters. The van der Waals surface area contributed by atoms with E-state index in [0.29, 0.717) is 28.0 Å². The van der Waals surface area contributed by atoms with Crippen LogP contribution in [0.1, 0.15) is 54.4 Å². The number of hydrogen-bond acceptors (Lipinski definition) is 3. The lowest BCUT2D eigenvalue weighted by Gasteiger charge is -2.41. The van der Waals surface area contributed by atoms with Crippen molar-refractivity contribution in [3.05, 3.63) is 57.9 Å². The zero-order valence-corrected chi connectivity index (χ0v) is 15.7. The van der Waals surface area contributed by atoms with Gasteiger partial charge in [0.1, 0.15) is 11.9 Å². The van der Waals surface area contributed by atoms with Gasteiger partial charge >= 0.3 is 0 Å². The van der Waals surface area contributed by atoms with Crippen molar-refractivity contribution in [1.29, 1.82) is 0 Å². The fourth-order valence-corrected chi connectivity index (χ4v) is 4.57. The monoisotopic (exact) mass is 376 g/mol. The molecule has 0 amide bonds. The summed E-state index contributed by atoms with van der Waals surface area (Å²) in [4.78, 5) is 0. The lowest BCUT2D eigenvalue weighted by atomic mass is 9.75. The van der Waals surface area contributed by atoms with Crippen molar-refractivity contribution in [3.8, 4) is 11.5 Å². The van der Waals surface area contributed by atoms with Crippen molar-refractivity contribution in [3.63, 3.8) is 0 Å². The summed E-state index contributed by atoms with van der Waals surface area (Å²) in [6.07, 6.45) is 3.85. The SMILES string of the molecule is COc1cc2c(cc1OC)[C@@H]1CCCC[C@H]1O[C@@H]2c1c(F)cccc1Cl. The van der Waals surface area contributed by atoms with Gasteiger partial charge in [-0.2, -0.15) is 0 Å². The van der Waals surface area contributed by atoms with E-state index in [4.69, 9.17) is 25.8 Å². The summed E-state index contributed by atoms with van der Waals surface area (Å²) in [5, 5.41) is 0.380. The maximum absolute atomic E-state index is 14.7. The highest BCUT2D eigenvalue weighted by molar-refractivity contribution is 6.31. The second kappa shape index (κ2) is 7.09. The van der Waals surface area contributed by atoms with Crippen LogP contribution in [0, 0.1) is 5.82 Å². The van der Waals surface area contributed by atoms with Crippen molar-refractivity contribution >= 4 is 11.6 Å². The van der Waals surface area contributed by atoms with Crippen molar-refractivity contribution in [2.24, 2.45) is 0 Å². The van der Waals surface area contributed by atoms with E-state index in [1.54, 1.807) is 26.4 Å². The molecule has 0 N–H and O–H groups in total. The highest BCUT2D eigenvalue weighted by Crippen LogP contribution is 2.50. The van der Waals surface area contributed by atoms with Gasteiger partial charge in [-0.15, -0.1) is 0 Å². The first-order valence-corrected chi connectivity index (χ1v) is 9.37. The zero-order chi connectivity index (χ0) is 18.3. The number of fused-ring (bicyclic) bond motifs is 3. The average molecular weight is 377 g/mol. The molecule has 1 aliphatic carbocycles. The van der Waals surface area contributed by atoms with E-state index in [2.05, 4.69) is 0 Å². The highest BCUT2D eigenvalue weighted by Gasteiger charge is 2.40. The summed E-state index contributed by atoms with van der Waals surface area (Å²) < 4.78 is 32.1. The Hall–Kier alpha value is -1.78. The first kappa shape index (κ1) is 17.6. The third kappa shape index (κ3) is 2.85. The Morgan fingerprint density at radius 1 is 1.04 bits per heavy atom. The lowest BCUT2D eigenvalue weighted by molar-refractivity contribution is -0.0403. The smallest absolute Gasteiger partial charge is 0.161 e. The zero-order valence-electron chi connectivity index (χ0n) is 14.9. The van der Waals surface area contributed by atoms with E-state index in [1.807, 2.05) is 12.1 Å². The van der Waals surface area contributed by atoms with E-state index in [-0.39, 0.29) is 11.9 Å². The third-order valence-corrected chi connectivity index (χ3v) is 5.88. The molecular weight excluding hydrogens is 355 g/mol. The number of hydrogen-bond donors (Lipinski definition) is 0. The standard InChI is InChI=1S/C21H22ClFO3/c1-24-18-10-13-12-6-3-4-9-17(12)26-21(14(13)11-19(18)25-2)20-15(22)7-5-8-16(20)23/h5,7-8,10-12,17,21H,3-4,6,9H2,1-2H3/t12-,17+,21-/m0/s1. The molecule has 4 rings (SSSR count). The molecule has 1 fully saturated rings. The van der Waals surface area contributed by atoms with Crippen LogP contribution >= 0.6 is 11.6 Å². The summed E-state index contributed by atoms with van der Waals surface area (Å²) in [5.74, 6) is 1.25. The van der Waals surface area contributed by atoms with E-state index in [0.717, 1.165) is 30.4 Å². The second-order valence-corrected chi connectivity index (χ2v) is 7.32. The van der Waals surface area contributed by atoms with E-state index < -0.39 is 6.10 Å². The Labute approximate surface area is 158 Å². The molecule has 1 saturated carbocycles. The van der Waals surface area contributed by atoms with Crippen LogP contribution in [0.3, 0.4) is 0 Å². The summed E-state index contributed by atoms with van der Waals surface area (Å²) in [6.45, 7) is 0. The van der Waals surface area contributed by atoms with Gasteiger partial charge < -0.3 is 14.2 Å². The van der Waals surface area contributed by atoms with Gasteiger partial charge in [0.2, 0.25) is 0 Å². The predicted molar refractivity (Wildman–Crippen MR) is 98.9 cm³/mol. The minimum Gasteiger partial charge on any atom is -0.493 e. The van der Waals surface area contributed by atoms with Gasteiger partial charge in [0.25, 0.3) is 0 Å². The van der Waals surface area contributed by atoms with Gasteiger partial charge in [-0.1, -0.05) is 30.5 Å². The fraction of sp³-hybridized carbons (Fsp3) is 0.429. The van der Waals surface area contributed by atoms with Gasteiger partial charge in [-0.25, -0.2) is 4.39 Å². The first-order valence-electron chi connectivity index (χ1n) is 8.99. The summed E-state index contributed by atoms with van der Waals surface area (Å²) in [5.41, 5.74) is 2.47. The molecule has 1 aliphatic heterocycles. The molecule has 26 heavy (non-hydrogen) atoms. The lowest BCUT2D eigenvalue weighted by Crippen LogP contribution is -2.34. The molecule has 0 aromatic heterocycles. The molecule has 0 spiro atoms. The van der Waals surface area contributed by atoms with Gasteiger partial charge in [0.05, 0.1) is 20.3 Å². The minimum absolute atomic E-state index is 0.0648. The molecule has 0 bridgehead atoms. The normalized spacial score (nSPS) is 24.5.